The highest BCUT2D eigenvalue weighted by Gasteiger charge is 2.31. The zero-order valence-corrected chi connectivity index (χ0v) is 12.1. The first-order chi connectivity index (χ1) is 10.1. The summed E-state index contributed by atoms with van der Waals surface area (Å²) in [6.07, 6.45) is 1.22. The lowest BCUT2D eigenvalue weighted by Gasteiger charge is -2.22. The summed E-state index contributed by atoms with van der Waals surface area (Å²) in [5.41, 5.74) is 3.77. The Labute approximate surface area is 123 Å². The Morgan fingerprint density at radius 2 is 1.95 bits per heavy atom. The summed E-state index contributed by atoms with van der Waals surface area (Å²) >= 11 is 0. The minimum atomic E-state index is -0.425. The molecule has 2 aromatic rings. The third-order valence-electron chi connectivity index (χ3n) is 4.15. The number of carbonyl (C=O) groups excluding carboxylic acids is 2. The van der Waals surface area contributed by atoms with Gasteiger partial charge < -0.3 is 9.72 Å². The van der Waals surface area contributed by atoms with E-state index in [9.17, 15) is 9.59 Å². The zero-order valence-electron chi connectivity index (χ0n) is 12.1. The molecule has 4 nitrogen and oxygen atoms in total. The molecule has 0 radical (unpaired) electrons. The number of carbonyl (C=O) groups is 2. The van der Waals surface area contributed by atoms with Crippen LogP contribution < -0.4 is 0 Å². The van der Waals surface area contributed by atoms with Crippen LogP contribution in [0.1, 0.15) is 50.0 Å². The molecular formula is C17H17NO3. The first kappa shape index (κ1) is 13.6. The number of benzene rings is 1. The van der Waals surface area contributed by atoms with Gasteiger partial charge in [0.15, 0.2) is 5.78 Å². The second kappa shape index (κ2) is 5.20. The van der Waals surface area contributed by atoms with Crippen LogP contribution in [0.2, 0.25) is 0 Å². The maximum atomic E-state index is 12.4. The van der Waals surface area contributed by atoms with E-state index < -0.39 is 5.97 Å². The number of Topliss-reactive ketones (excluding diaryl/α,β-unsaturated/α-hetero) is 1. The number of ketones is 1. The van der Waals surface area contributed by atoms with E-state index in [1.54, 1.807) is 6.92 Å². The van der Waals surface area contributed by atoms with Crippen LogP contribution in [-0.2, 0) is 11.2 Å². The van der Waals surface area contributed by atoms with E-state index in [0.29, 0.717) is 23.2 Å². The summed E-state index contributed by atoms with van der Waals surface area (Å²) in [6.45, 7) is 1.79. The number of aromatic nitrogens is 1. The van der Waals surface area contributed by atoms with Crippen molar-refractivity contribution in [1.29, 1.82) is 0 Å². The molecule has 0 aliphatic heterocycles. The molecule has 3 rings (SSSR count). The average Bonchev–Trinajstić information content (AvgIpc) is 2.85. The zero-order chi connectivity index (χ0) is 15.0. The van der Waals surface area contributed by atoms with Gasteiger partial charge in [0.2, 0.25) is 0 Å². The molecule has 1 aliphatic carbocycles. The Morgan fingerprint density at radius 3 is 2.62 bits per heavy atom. The minimum Gasteiger partial charge on any atom is -0.464 e. The molecule has 0 amide bonds. The molecule has 21 heavy (non-hydrogen) atoms. The number of hydrogen-bond acceptors (Lipinski definition) is 3. The normalized spacial score (nSPS) is 17.4. The van der Waals surface area contributed by atoms with E-state index >= 15 is 0 Å². The Morgan fingerprint density at radius 1 is 1.24 bits per heavy atom. The van der Waals surface area contributed by atoms with Crippen LogP contribution in [0.3, 0.4) is 0 Å². The van der Waals surface area contributed by atoms with Crippen LogP contribution in [-0.4, -0.2) is 23.8 Å². The molecule has 0 unspecified atom stereocenters. The van der Waals surface area contributed by atoms with Crippen LogP contribution in [0.5, 0.6) is 0 Å². The lowest BCUT2D eigenvalue weighted by atomic mass is 9.81. The lowest BCUT2D eigenvalue weighted by Crippen LogP contribution is -2.18. The second-order valence-corrected chi connectivity index (χ2v) is 5.41. The van der Waals surface area contributed by atoms with Crippen molar-refractivity contribution in [2.75, 3.05) is 7.11 Å². The molecular weight excluding hydrogens is 266 g/mol. The van der Waals surface area contributed by atoms with Crippen LogP contribution >= 0.6 is 0 Å². The number of aromatic amines is 1. The van der Waals surface area contributed by atoms with Crippen LogP contribution in [0.4, 0.5) is 0 Å². The van der Waals surface area contributed by atoms with Crippen LogP contribution in [0.15, 0.2) is 30.3 Å². The second-order valence-electron chi connectivity index (χ2n) is 5.41. The number of H-pyrrole nitrogens is 1. The van der Waals surface area contributed by atoms with Crippen molar-refractivity contribution < 1.29 is 14.3 Å². The summed E-state index contributed by atoms with van der Waals surface area (Å²) in [4.78, 5) is 27.3. The predicted octanol–water partition coefficient (Wildman–Crippen LogP) is 3.02. The van der Waals surface area contributed by atoms with Gasteiger partial charge in [0, 0.05) is 17.7 Å². The molecule has 0 spiro atoms. The van der Waals surface area contributed by atoms with E-state index in [2.05, 4.69) is 4.98 Å². The predicted molar refractivity (Wildman–Crippen MR) is 78.7 cm³/mol. The van der Waals surface area contributed by atoms with Crippen molar-refractivity contribution in [3.63, 3.8) is 0 Å². The third-order valence-corrected chi connectivity index (χ3v) is 4.15. The van der Waals surface area contributed by atoms with Gasteiger partial charge in [-0.05, 0) is 30.4 Å². The number of rotatable bonds is 2. The Bertz CT molecular complexity index is 700. The fourth-order valence-corrected chi connectivity index (χ4v) is 3.10. The summed E-state index contributed by atoms with van der Waals surface area (Å²) in [6, 6.07) is 10.0. The lowest BCUT2D eigenvalue weighted by molar-refractivity contribution is 0.0593. The average molecular weight is 283 g/mol. The SMILES string of the molecule is COC(=O)c1[nH]c2c(c1C)C(=O)C[C@@H](c1ccccc1)C2. The molecule has 1 N–H and O–H groups in total. The van der Waals surface area contributed by atoms with Gasteiger partial charge in [-0.25, -0.2) is 4.79 Å². The number of methoxy groups -OCH3 is 1. The molecule has 4 heteroatoms. The van der Waals surface area contributed by atoms with E-state index in [1.165, 1.54) is 7.11 Å². The van der Waals surface area contributed by atoms with Gasteiger partial charge in [0.05, 0.1) is 7.11 Å². The third kappa shape index (κ3) is 2.27. The molecule has 1 aromatic carbocycles. The van der Waals surface area contributed by atoms with Crippen LogP contribution in [0.25, 0.3) is 0 Å². The first-order valence-corrected chi connectivity index (χ1v) is 6.99. The highest BCUT2D eigenvalue weighted by Crippen LogP contribution is 2.34. The van der Waals surface area contributed by atoms with Gasteiger partial charge in [-0.2, -0.15) is 0 Å². The van der Waals surface area contributed by atoms with Crippen molar-refractivity contribution >= 4 is 11.8 Å². The maximum Gasteiger partial charge on any atom is 0.354 e. The molecule has 1 aliphatic rings. The fraction of sp³-hybridized carbons (Fsp3) is 0.294. The minimum absolute atomic E-state index is 0.0917. The van der Waals surface area contributed by atoms with Crippen LogP contribution in [0, 0.1) is 6.92 Å². The summed E-state index contributed by atoms with van der Waals surface area (Å²) in [5, 5.41) is 0. The number of nitrogens with one attached hydrogen (secondary N) is 1. The van der Waals surface area contributed by atoms with Crippen molar-refractivity contribution in [3.8, 4) is 0 Å². The van der Waals surface area contributed by atoms with Crippen molar-refractivity contribution in [1.82, 2.24) is 4.98 Å². The van der Waals surface area contributed by atoms with Gasteiger partial charge in [-0.1, -0.05) is 30.3 Å². The number of fused-ring (bicyclic) bond motifs is 1. The Kier molecular flexibility index (Phi) is 3.37. The van der Waals surface area contributed by atoms with Gasteiger partial charge >= 0.3 is 5.97 Å². The largest absolute Gasteiger partial charge is 0.464 e. The molecule has 0 saturated heterocycles. The summed E-state index contributed by atoms with van der Waals surface area (Å²) < 4.78 is 4.76. The molecule has 0 bridgehead atoms. The molecule has 0 fully saturated rings. The Balaban J connectivity index is 1.99. The van der Waals surface area contributed by atoms with Gasteiger partial charge in [-0.3, -0.25) is 4.79 Å². The highest BCUT2D eigenvalue weighted by atomic mass is 16.5. The van der Waals surface area contributed by atoms with Crippen molar-refractivity contribution in [2.24, 2.45) is 0 Å². The monoisotopic (exact) mass is 283 g/mol. The van der Waals surface area contributed by atoms with Crippen molar-refractivity contribution in [3.05, 3.63) is 58.4 Å². The van der Waals surface area contributed by atoms with Gasteiger partial charge in [0.1, 0.15) is 5.69 Å². The summed E-state index contributed by atoms with van der Waals surface area (Å²) in [5.74, 6) is -0.172. The molecule has 1 heterocycles. The molecule has 1 atom stereocenters. The number of hydrogen-bond donors (Lipinski definition) is 1. The molecule has 108 valence electrons. The van der Waals surface area contributed by atoms with E-state index in [-0.39, 0.29) is 11.7 Å². The van der Waals surface area contributed by atoms with E-state index in [0.717, 1.165) is 17.7 Å². The van der Waals surface area contributed by atoms with Crippen molar-refractivity contribution in [2.45, 2.75) is 25.7 Å². The topological polar surface area (TPSA) is 59.2 Å². The Hall–Kier alpha value is -2.36. The fourth-order valence-electron chi connectivity index (χ4n) is 3.10. The van der Waals surface area contributed by atoms with Gasteiger partial charge in [-0.15, -0.1) is 0 Å². The molecule has 0 saturated carbocycles. The number of esters is 1. The van der Waals surface area contributed by atoms with E-state index in [1.807, 2.05) is 30.3 Å². The standard InChI is InChI=1S/C17H17NO3/c1-10-15-13(18-16(10)17(20)21-2)8-12(9-14(15)19)11-6-4-3-5-7-11/h3-7,12,18H,8-9H2,1-2H3/t12-/m0/s1. The first-order valence-electron chi connectivity index (χ1n) is 6.99. The number of ether oxygens (including phenoxy) is 1. The smallest absolute Gasteiger partial charge is 0.354 e. The summed E-state index contributed by atoms with van der Waals surface area (Å²) in [7, 11) is 1.34. The quantitative estimate of drug-likeness (QED) is 0.862. The van der Waals surface area contributed by atoms with E-state index in [4.69, 9.17) is 4.74 Å². The maximum absolute atomic E-state index is 12.4. The van der Waals surface area contributed by atoms with Gasteiger partial charge in [0.25, 0.3) is 0 Å². The molecule has 1 aromatic heterocycles. The highest BCUT2D eigenvalue weighted by molar-refractivity contribution is 6.03.